The van der Waals surface area contributed by atoms with Crippen molar-refractivity contribution < 1.29 is 0 Å². The van der Waals surface area contributed by atoms with Gasteiger partial charge >= 0.3 is 0 Å². The van der Waals surface area contributed by atoms with E-state index >= 15 is 0 Å². The molecule has 4 aliphatic rings. The molecule has 1 heteroatoms. The van der Waals surface area contributed by atoms with Gasteiger partial charge in [0.2, 0.25) is 0 Å². The quantitative estimate of drug-likeness (QED) is 0.495. The van der Waals surface area contributed by atoms with Crippen LogP contribution in [0.4, 0.5) is 0 Å². The van der Waals surface area contributed by atoms with Gasteiger partial charge in [0, 0.05) is 17.8 Å². The Kier molecular flexibility index (Phi) is 4.19. The summed E-state index contributed by atoms with van der Waals surface area (Å²) in [6.07, 6.45) is 18.3. The first kappa shape index (κ1) is 18.2. The Bertz CT molecular complexity index is 958. The molecule has 0 spiro atoms. The molecule has 1 aromatic heterocycles. The van der Waals surface area contributed by atoms with Crippen molar-refractivity contribution in [3.05, 3.63) is 48.3 Å². The summed E-state index contributed by atoms with van der Waals surface area (Å²) in [6.45, 7) is 5.10. The predicted molar refractivity (Wildman–Crippen MR) is 121 cm³/mol. The van der Waals surface area contributed by atoms with Crippen molar-refractivity contribution in [2.45, 2.75) is 65.2 Å². The van der Waals surface area contributed by atoms with Crippen LogP contribution in [0.3, 0.4) is 0 Å². The van der Waals surface area contributed by atoms with Crippen molar-refractivity contribution in [3.63, 3.8) is 0 Å². The van der Waals surface area contributed by atoms with Gasteiger partial charge in [0.05, 0.1) is 0 Å². The Hall–Kier alpha value is -1.63. The van der Waals surface area contributed by atoms with E-state index in [1.54, 1.807) is 5.57 Å². The zero-order valence-electron chi connectivity index (χ0n) is 18.1. The van der Waals surface area contributed by atoms with E-state index in [9.17, 15) is 0 Å². The summed E-state index contributed by atoms with van der Waals surface area (Å²) in [5, 5.41) is 2.58. The normalized spacial score (nSPS) is 41.4. The van der Waals surface area contributed by atoms with E-state index in [1.165, 1.54) is 67.7 Å². The molecule has 2 aromatic rings. The summed E-state index contributed by atoms with van der Waals surface area (Å²) in [4.78, 5) is 4.29. The third-order valence-electron chi connectivity index (χ3n) is 9.75. The lowest BCUT2D eigenvalue weighted by atomic mass is 9.49. The molecule has 6 rings (SSSR count). The summed E-state index contributed by atoms with van der Waals surface area (Å²) in [5.74, 6) is 5.95. The fourth-order valence-corrected chi connectivity index (χ4v) is 8.35. The summed E-state index contributed by atoms with van der Waals surface area (Å²) in [5.41, 5.74) is 3.50. The highest BCUT2D eigenvalue weighted by atomic mass is 14.6. The molecule has 0 amide bonds. The Morgan fingerprint density at radius 2 is 1.83 bits per heavy atom. The topological polar surface area (TPSA) is 12.9 Å². The van der Waals surface area contributed by atoms with Crippen molar-refractivity contribution in [3.8, 4) is 0 Å². The third kappa shape index (κ3) is 2.76. The molecule has 7 atom stereocenters. The van der Waals surface area contributed by atoms with Gasteiger partial charge in [-0.05, 0) is 115 Å². The lowest BCUT2D eigenvalue weighted by Gasteiger charge is -2.56. The highest BCUT2D eigenvalue weighted by Crippen LogP contribution is 2.64. The van der Waals surface area contributed by atoms with Crippen LogP contribution in [0.1, 0.15) is 70.8 Å². The second-order valence-corrected chi connectivity index (χ2v) is 11.1. The zero-order chi connectivity index (χ0) is 19.6. The molecule has 1 nitrogen and oxygen atoms in total. The summed E-state index contributed by atoms with van der Waals surface area (Å²) >= 11 is 0. The lowest BCUT2D eigenvalue weighted by molar-refractivity contribution is -0.0443. The van der Waals surface area contributed by atoms with Gasteiger partial charge in [0.25, 0.3) is 0 Å². The molecule has 3 fully saturated rings. The molecule has 29 heavy (non-hydrogen) atoms. The zero-order valence-corrected chi connectivity index (χ0v) is 18.1. The Balaban J connectivity index is 1.29. The van der Waals surface area contributed by atoms with Crippen molar-refractivity contribution in [1.82, 2.24) is 4.98 Å². The van der Waals surface area contributed by atoms with E-state index in [0.717, 1.165) is 35.5 Å². The number of nitrogens with zero attached hydrogens (tertiary/aromatic N) is 1. The maximum atomic E-state index is 4.29. The molecule has 0 bridgehead atoms. The average molecular weight is 386 g/mol. The van der Waals surface area contributed by atoms with Crippen molar-refractivity contribution in [2.24, 2.45) is 40.9 Å². The van der Waals surface area contributed by atoms with Gasteiger partial charge in [-0.2, -0.15) is 0 Å². The van der Waals surface area contributed by atoms with Gasteiger partial charge in [-0.3, -0.25) is 4.98 Å². The number of aromatic nitrogens is 1. The second-order valence-electron chi connectivity index (χ2n) is 11.1. The summed E-state index contributed by atoms with van der Waals surface area (Å²) < 4.78 is 0. The standard InChI is InChI=1S/C28H35N/c1-18-3-7-23-20(15-18)6-8-25-24(23)11-13-28(2)26(9-10-27(25)28)21-4-5-22-17-29-14-12-19(22)16-21/h4-5,9,12,14,16-18,20,23-25,27H,3,6-8,10-11,13,15H2,1-2H3/t18-,20-,23-,24+,25+,27-,28+/m0/s1. The molecule has 3 saturated carbocycles. The number of benzene rings is 1. The summed E-state index contributed by atoms with van der Waals surface area (Å²) in [7, 11) is 0. The van der Waals surface area contributed by atoms with E-state index < -0.39 is 0 Å². The number of pyridine rings is 1. The van der Waals surface area contributed by atoms with Gasteiger partial charge < -0.3 is 0 Å². The first-order valence-corrected chi connectivity index (χ1v) is 12.2. The molecule has 0 aliphatic heterocycles. The van der Waals surface area contributed by atoms with Crippen LogP contribution in [0, 0.1) is 40.9 Å². The fourth-order valence-electron chi connectivity index (χ4n) is 8.35. The highest BCUT2D eigenvalue weighted by Gasteiger charge is 2.54. The Morgan fingerprint density at radius 3 is 2.76 bits per heavy atom. The third-order valence-corrected chi connectivity index (χ3v) is 9.75. The van der Waals surface area contributed by atoms with Crippen molar-refractivity contribution in [2.75, 3.05) is 0 Å². The monoisotopic (exact) mass is 385 g/mol. The first-order valence-electron chi connectivity index (χ1n) is 12.2. The molecular weight excluding hydrogens is 350 g/mol. The number of hydrogen-bond acceptors (Lipinski definition) is 1. The van der Waals surface area contributed by atoms with Crippen LogP contribution in [-0.2, 0) is 0 Å². The summed E-state index contributed by atoms with van der Waals surface area (Å²) in [6, 6.07) is 9.21. The molecule has 0 N–H and O–H groups in total. The number of fused-ring (bicyclic) bond motifs is 6. The molecule has 0 saturated heterocycles. The van der Waals surface area contributed by atoms with Gasteiger partial charge in [-0.25, -0.2) is 0 Å². The maximum Gasteiger partial charge on any atom is 0.0346 e. The predicted octanol–water partition coefficient (Wildman–Crippen LogP) is 7.52. The van der Waals surface area contributed by atoms with Crippen LogP contribution in [0.15, 0.2) is 42.7 Å². The second kappa shape index (κ2) is 6.69. The minimum Gasteiger partial charge on any atom is -0.264 e. The van der Waals surface area contributed by atoms with E-state index in [2.05, 4.69) is 49.2 Å². The molecule has 4 aliphatic carbocycles. The maximum absolute atomic E-state index is 4.29. The number of rotatable bonds is 1. The average Bonchev–Trinajstić information content (AvgIpc) is 3.10. The molecular formula is C28H35N. The molecule has 0 unspecified atom stereocenters. The van der Waals surface area contributed by atoms with Gasteiger partial charge in [-0.15, -0.1) is 0 Å². The van der Waals surface area contributed by atoms with Crippen LogP contribution in [0.25, 0.3) is 16.3 Å². The number of allylic oxidation sites excluding steroid dienone is 2. The van der Waals surface area contributed by atoms with E-state index in [1.807, 2.05) is 12.4 Å². The van der Waals surface area contributed by atoms with Crippen LogP contribution >= 0.6 is 0 Å². The molecule has 0 radical (unpaired) electrons. The molecule has 1 aromatic carbocycles. The minimum absolute atomic E-state index is 0.386. The molecule has 152 valence electrons. The Morgan fingerprint density at radius 1 is 0.931 bits per heavy atom. The van der Waals surface area contributed by atoms with Crippen LogP contribution in [0.5, 0.6) is 0 Å². The Labute approximate surface area is 176 Å². The van der Waals surface area contributed by atoms with E-state index in [4.69, 9.17) is 0 Å². The lowest BCUT2D eigenvalue weighted by Crippen LogP contribution is -2.47. The van der Waals surface area contributed by atoms with Gasteiger partial charge in [-0.1, -0.05) is 38.5 Å². The smallest absolute Gasteiger partial charge is 0.0346 e. The van der Waals surface area contributed by atoms with Crippen LogP contribution in [-0.4, -0.2) is 4.98 Å². The van der Waals surface area contributed by atoms with Crippen molar-refractivity contribution >= 4 is 16.3 Å². The van der Waals surface area contributed by atoms with Crippen LogP contribution in [0.2, 0.25) is 0 Å². The first-order chi connectivity index (χ1) is 14.1. The largest absolute Gasteiger partial charge is 0.264 e. The fraction of sp³-hybridized carbons (Fsp3) is 0.607. The molecule has 1 heterocycles. The highest BCUT2D eigenvalue weighted by molar-refractivity contribution is 5.86. The van der Waals surface area contributed by atoms with E-state index in [0.29, 0.717) is 5.41 Å². The van der Waals surface area contributed by atoms with Crippen LogP contribution < -0.4 is 0 Å². The van der Waals surface area contributed by atoms with Gasteiger partial charge in [0.15, 0.2) is 0 Å². The minimum atomic E-state index is 0.386. The van der Waals surface area contributed by atoms with Crippen molar-refractivity contribution in [1.29, 1.82) is 0 Å². The SMILES string of the molecule is C[C@H]1CC[C@H]2[C@@H](CC[C@@H]3[C@@H]2CC[C@]2(C)C(c4ccc5cnccc5c4)=CC[C@@H]32)C1. The van der Waals surface area contributed by atoms with E-state index in [-0.39, 0.29) is 0 Å². The van der Waals surface area contributed by atoms with Gasteiger partial charge in [0.1, 0.15) is 0 Å². The number of hydrogen-bond donors (Lipinski definition) is 0.